The van der Waals surface area contributed by atoms with Gasteiger partial charge in [-0.25, -0.2) is 9.59 Å². The molecular formula is C6H7AlO4S. The SMILES string of the molecule is O=C(O)c1ccc(C(=O)O)s1.[AlH3]. The van der Waals surface area contributed by atoms with Gasteiger partial charge in [0.15, 0.2) is 17.4 Å². The molecule has 0 aliphatic carbocycles. The number of thiophene rings is 1. The van der Waals surface area contributed by atoms with Gasteiger partial charge in [0.25, 0.3) is 0 Å². The molecule has 1 aromatic rings. The Kier molecular flexibility index (Phi) is 3.97. The molecule has 0 aliphatic rings. The van der Waals surface area contributed by atoms with Gasteiger partial charge in [0, 0.05) is 0 Å². The molecule has 64 valence electrons. The summed E-state index contributed by atoms with van der Waals surface area (Å²) in [5.74, 6) is -2.19. The van der Waals surface area contributed by atoms with Gasteiger partial charge in [-0.2, -0.15) is 0 Å². The average Bonchev–Trinajstić information content (AvgIpc) is 2.33. The van der Waals surface area contributed by atoms with Crippen molar-refractivity contribution in [3.05, 3.63) is 21.9 Å². The maximum atomic E-state index is 10.3. The van der Waals surface area contributed by atoms with Crippen molar-refractivity contribution in [3.8, 4) is 0 Å². The number of carboxylic acid groups (broad SMARTS) is 2. The van der Waals surface area contributed by atoms with Crippen molar-refractivity contribution < 1.29 is 19.8 Å². The molecule has 4 nitrogen and oxygen atoms in total. The summed E-state index contributed by atoms with van der Waals surface area (Å²) in [5.41, 5.74) is 0. The van der Waals surface area contributed by atoms with Gasteiger partial charge in [0.05, 0.1) is 0 Å². The highest BCUT2D eigenvalue weighted by Gasteiger charge is 2.10. The normalized spacial score (nSPS) is 8.67. The number of hydrogen-bond donors (Lipinski definition) is 2. The van der Waals surface area contributed by atoms with Crippen molar-refractivity contribution >= 4 is 40.6 Å². The summed E-state index contributed by atoms with van der Waals surface area (Å²) in [7, 11) is 0. The molecule has 0 saturated carbocycles. The Morgan fingerprint density at radius 3 is 1.58 bits per heavy atom. The maximum absolute atomic E-state index is 10.3. The molecule has 0 spiro atoms. The van der Waals surface area contributed by atoms with Crippen LogP contribution >= 0.6 is 11.3 Å². The number of aromatic carboxylic acids is 2. The molecule has 6 heteroatoms. The monoisotopic (exact) mass is 202 g/mol. The summed E-state index contributed by atoms with van der Waals surface area (Å²) in [6, 6.07) is 2.55. The first-order valence-electron chi connectivity index (χ1n) is 2.67. The molecule has 2 N–H and O–H groups in total. The van der Waals surface area contributed by atoms with Crippen molar-refractivity contribution in [2.45, 2.75) is 0 Å². The molecule has 1 rings (SSSR count). The minimum absolute atomic E-state index is 0. The summed E-state index contributed by atoms with van der Waals surface area (Å²) < 4.78 is 0. The Bertz CT molecular complexity index is 278. The van der Waals surface area contributed by atoms with E-state index >= 15 is 0 Å². The van der Waals surface area contributed by atoms with Gasteiger partial charge in [-0.05, 0) is 12.1 Å². The Morgan fingerprint density at radius 1 is 1.08 bits per heavy atom. The number of carboxylic acids is 2. The molecule has 1 aromatic heterocycles. The second-order valence-electron chi connectivity index (χ2n) is 1.77. The van der Waals surface area contributed by atoms with Crippen LogP contribution in [-0.2, 0) is 0 Å². The highest BCUT2D eigenvalue weighted by atomic mass is 32.1. The molecular weight excluding hydrogens is 195 g/mol. The van der Waals surface area contributed by atoms with E-state index in [1.54, 1.807) is 0 Å². The second kappa shape index (κ2) is 4.26. The summed E-state index contributed by atoms with van der Waals surface area (Å²) in [5, 5.41) is 16.8. The van der Waals surface area contributed by atoms with Crippen LogP contribution in [0.15, 0.2) is 12.1 Å². The van der Waals surface area contributed by atoms with E-state index in [4.69, 9.17) is 10.2 Å². The smallest absolute Gasteiger partial charge is 0.345 e. The van der Waals surface area contributed by atoms with E-state index in [0.717, 1.165) is 11.3 Å². The van der Waals surface area contributed by atoms with E-state index in [0.29, 0.717) is 0 Å². The highest BCUT2D eigenvalue weighted by molar-refractivity contribution is 7.15. The molecule has 0 amide bonds. The van der Waals surface area contributed by atoms with E-state index in [1.807, 2.05) is 0 Å². The minimum Gasteiger partial charge on any atom is -0.477 e. The molecule has 12 heavy (non-hydrogen) atoms. The minimum atomic E-state index is -1.09. The van der Waals surface area contributed by atoms with Gasteiger partial charge in [0.2, 0.25) is 0 Å². The van der Waals surface area contributed by atoms with Gasteiger partial charge < -0.3 is 10.2 Å². The van der Waals surface area contributed by atoms with E-state index in [9.17, 15) is 9.59 Å². The van der Waals surface area contributed by atoms with Crippen molar-refractivity contribution in [3.63, 3.8) is 0 Å². The molecule has 0 bridgehead atoms. The predicted molar refractivity (Wildman–Crippen MR) is 48.2 cm³/mol. The highest BCUT2D eigenvalue weighted by Crippen LogP contribution is 2.15. The lowest BCUT2D eigenvalue weighted by atomic mass is 10.4. The first-order chi connectivity index (χ1) is 5.11. The third kappa shape index (κ3) is 2.34. The predicted octanol–water partition coefficient (Wildman–Crippen LogP) is -0.0394. The Balaban J connectivity index is 0.00000121. The summed E-state index contributed by atoms with van der Waals surface area (Å²) in [4.78, 5) is 20.6. The fourth-order valence-electron chi connectivity index (χ4n) is 0.568. The lowest BCUT2D eigenvalue weighted by Gasteiger charge is -1.82. The molecule has 1 heterocycles. The number of hydrogen-bond acceptors (Lipinski definition) is 3. The van der Waals surface area contributed by atoms with Crippen molar-refractivity contribution in [2.24, 2.45) is 0 Å². The molecule has 0 saturated heterocycles. The van der Waals surface area contributed by atoms with Crippen LogP contribution in [0.3, 0.4) is 0 Å². The fourth-order valence-corrected chi connectivity index (χ4v) is 1.25. The van der Waals surface area contributed by atoms with Crippen LogP contribution in [-0.4, -0.2) is 39.5 Å². The van der Waals surface area contributed by atoms with Crippen LogP contribution in [0.25, 0.3) is 0 Å². The number of carbonyl (C=O) groups is 2. The van der Waals surface area contributed by atoms with Crippen LogP contribution in [0.4, 0.5) is 0 Å². The Morgan fingerprint density at radius 2 is 1.42 bits per heavy atom. The third-order valence-electron chi connectivity index (χ3n) is 1.03. The van der Waals surface area contributed by atoms with Gasteiger partial charge in [0.1, 0.15) is 9.75 Å². The Labute approximate surface area is 82.6 Å². The van der Waals surface area contributed by atoms with Gasteiger partial charge in [-0.1, -0.05) is 0 Å². The quantitative estimate of drug-likeness (QED) is 0.660. The lowest BCUT2D eigenvalue weighted by molar-refractivity contribution is 0.0693. The largest absolute Gasteiger partial charge is 0.477 e. The Hall–Kier alpha value is -0.828. The van der Waals surface area contributed by atoms with Crippen LogP contribution in [0, 0.1) is 0 Å². The summed E-state index contributed by atoms with van der Waals surface area (Å²) >= 11 is 0.750. The lowest BCUT2D eigenvalue weighted by Crippen LogP contribution is -1.91. The molecule has 0 fully saturated rings. The zero-order valence-electron chi connectivity index (χ0n) is 5.27. The molecule has 0 unspecified atom stereocenters. The zero-order chi connectivity index (χ0) is 8.43. The topological polar surface area (TPSA) is 74.6 Å². The van der Waals surface area contributed by atoms with Crippen LogP contribution in [0.5, 0.6) is 0 Å². The van der Waals surface area contributed by atoms with Crippen molar-refractivity contribution in [1.29, 1.82) is 0 Å². The molecule has 0 aliphatic heterocycles. The summed E-state index contributed by atoms with van der Waals surface area (Å²) in [6.45, 7) is 0. The first-order valence-corrected chi connectivity index (χ1v) is 3.49. The fraction of sp³-hybridized carbons (Fsp3) is 0. The standard InChI is InChI=1S/C6H4O4S.Al.3H/c7-5(8)3-1-2-4(11-3)6(9)10;;;;/h1-2H,(H,7,8)(H,9,10);;;;. The van der Waals surface area contributed by atoms with E-state index in [1.165, 1.54) is 12.1 Å². The van der Waals surface area contributed by atoms with Crippen molar-refractivity contribution in [2.75, 3.05) is 0 Å². The third-order valence-corrected chi connectivity index (χ3v) is 2.09. The van der Waals surface area contributed by atoms with E-state index in [-0.39, 0.29) is 27.1 Å². The molecule has 0 atom stereocenters. The average molecular weight is 202 g/mol. The first kappa shape index (κ1) is 11.2. The molecule has 0 radical (unpaired) electrons. The second-order valence-corrected chi connectivity index (χ2v) is 2.86. The van der Waals surface area contributed by atoms with Crippen molar-refractivity contribution in [1.82, 2.24) is 0 Å². The van der Waals surface area contributed by atoms with E-state index < -0.39 is 11.9 Å². The maximum Gasteiger partial charge on any atom is 0.345 e. The van der Waals surface area contributed by atoms with Crippen LogP contribution in [0.1, 0.15) is 19.3 Å². The molecule has 0 aromatic carbocycles. The van der Waals surface area contributed by atoms with Gasteiger partial charge in [-0.15, -0.1) is 11.3 Å². The van der Waals surface area contributed by atoms with Crippen LogP contribution < -0.4 is 0 Å². The van der Waals surface area contributed by atoms with Gasteiger partial charge in [-0.3, -0.25) is 0 Å². The zero-order valence-corrected chi connectivity index (χ0v) is 6.09. The van der Waals surface area contributed by atoms with Crippen LogP contribution in [0.2, 0.25) is 0 Å². The van der Waals surface area contributed by atoms with Gasteiger partial charge >= 0.3 is 11.9 Å². The summed E-state index contributed by atoms with van der Waals surface area (Å²) in [6.07, 6.45) is 0. The van der Waals surface area contributed by atoms with E-state index in [2.05, 4.69) is 0 Å². The number of rotatable bonds is 2.